The second-order valence-electron chi connectivity index (χ2n) is 10.5. The van der Waals surface area contributed by atoms with E-state index in [1.807, 2.05) is 0 Å². The minimum atomic E-state index is 0.954. The van der Waals surface area contributed by atoms with Gasteiger partial charge in [-0.3, -0.25) is 0 Å². The van der Waals surface area contributed by atoms with Crippen molar-refractivity contribution in [1.82, 2.24) is 0 Å². The zero-order valence-electron chi connectivity index (χ0n) is 21.6. The van der Waals surface area contributed by atoms with Crippen molar-refractivity contribution in [3.8, 4) is 44.5 Å². The number of hydrogen-bond acceptors (Lipinski definition) is 0. The number of hydrogen-bond donors (Lipinski definition) is 0. The van der Waals surface area contributed by atoms with Crippen LogP contribution in [0.3, 0.4) is 0 Å². The Kier molecular flexibility index (Phi) is 5.00. The summed E-state index contributed by atoms with van der Waals surface area (Å²) < 4.78 is 0. The summed E-state index contributed by atoms with van der Waals surface area (Å²) in [6, 6.07) is 53.5. The molecule has 0 aromatic heterocycles. The molecule has 1 aliphatic carbocycles. The van der Waals surface area contributed by atoms with Crippen LogP contribution in [0.1, 0.15) is 11.1 Å². The summed E-state index contributed by atoms with van der Waals surface area (Å²) in [6.45, 7) is 0. The second kappa shape index (κ2) is 8.82. The van der Waals surface area contributed by atoms with Gasteiger partial charge in [-0.05, 0) is 102 Å². The van der Waals surface area contributed by atoms with Crippen LogP contribution >= 0.6 is 0 Å². The fourth-order valence-corrected chi connectivity index (χ4v) is 6.52. The van der Waals surface area contributed by atoms with E-state index in [4.69, 9.17) is 0 Å². The zero-order chi connectivity index (χ0) is 25.8. The molecule has 0 atom stereocenters. The molecule has 7 aromatic rings. The molecule has 182 valence electrons. The lowest BCUT2D eigenvalue weighted by atomic mass is 9.81. The largest absolute Gasteiger partial charge is 0.0622 e. The molecule has 7 aromatic carbocycles. The molecule has 0 bridgehead atoms. The monoisotopic (exact) mass is 494 g/mol. The average molecular weight is 495 g/mol. The van der Waals surface area contributed by atoms with Gasteiger partial charge in [0, 0.05) is 0 Å². The van der Waals surface area contributed by atoms with Gasteiger partial charge in [-0.2, -0.15) is 0 Å². The van der Waals surface area contributed by atoms with E-state index in [-0.39, 0.29) is 0 Å². The van der Waals surface area contributed by atoms with Crippen LogP contribution in [-0.4, -0.2) is 0 Å². The predicted octanol–water partition coefficient (Wildman–Crippen LogP) is 10.6. The van der Waals surface area contributed by atoms with Gasteiger partial charge in [0.2, 0.25) is 0 Å². The summed E-state index contributed by atoms with van der Waals surface area (Å²) >= 11 is 0. The SMILES string of the molecule is c1ccc(-c2c(-c3cccc4cc5ccccc5cc34)cc3c(c2-c2ccccc2)Cc2ccccc2-3)cc1. The van der Waals surface area contributed by atoms with Gasteiger partial charge in [0.15, 0.2) is 0 Å². The highest BCUT2D eigenvalue weighted by Crippen LogP contribution is 2.51. The highest BCUT2D eigenvalue weighted by molar-refractivity contribution is 6.10. The Balaban J connectivity index is 1.54. The van der Waals surface area contributed by atoms with Crippen LogP contribution in [0.15, 0.2) is 146 Å². The average Bonchev–Trinajstić information content (AvgIpc) is 3.38. The summed E-state index contributed by atoms with van der Waals surface area (Å²) in [5.41, 5.74) is 13.3. The maximum absolute atomic E-state index is 2.47. The minimum absolute atomic E-state index is 0.954. The van der Waals surface area contributed by atoms with Crippen molar-refractivity contribution in [2.75, 3.05) is 0 Å². The molecule has 0 saturated carbocycles. The van der Waals surface area contributed by atoms with Gasteiger partial charge in [-0.15, -0.1) is 0 Å². The van der Waals surface area contributed by atoms with Gasteiger partial charge < -0.3 is 0 Å². The van der Waals surface area contributed by atoms with Crippen LogP contribution in [-0.2, 0) is 6.42 Å². The van der Waals surface area contributed by atoms with Crippen LogP contribution in [0.25, 0.3) is 66.1 Å². The van der Waals surface area contributed by atoms with Crippen LogP contribution in [0, 0.1) is 0 Å². The summed E-state index contributed by atoms with van der Waals surface area (Å²) in [6.07, 6.45) is 0.954. The molecule has 0 saturated heterocycles. The zero-order valence-corrected chi connectivity index (χ0v) is 21.6. The Labute approximate surface area is 228 Å². The van der Waals surface area contributed by atoms with E-state index in [9.17, 15) is 0 Å². The first kappa shape index (κ1) is 22.1. The highest BCUT2D eigenvalue weighted by Gasteiger charge is 2.27. The topological polar surface area (TPSA) is 0 Å². The Morgan fingerprint density at radius 1 is 0.359 bits per heavy atom. The second-order valence-corrected chi connectivity index (χ2v) is 10.5. The molecule has 0 amide bonds. The fourth-order valence-electron chi connectivity index (χ4n) is 6.52. The van der Waals surface area contributed by atoms with Crippen LogP contribution < -0.4 is 0 Å². The maximum Gasteiger partial charge on any atom is -0.000705 e. The molecular weight excluding hydrogens is 468 g/mol. The van der Waals surface area contributed by atoms with Gasteiger partial charge in [0.05, 0.1) is 0 Å². The van der Waals surface area contributed by atoms with E-state index >= 15 is 0 Å². The number of benzene rings is 7. The molecule has 0 N–H and O–H groups in total. The van der Waals surface area contributed by atoms with Crippen LogP contribution in [0.2, 0.25) is 0 Å². The molecule has 0 heteroatoms. The Morgan fingerprint density at radius 2 is 0.949 bits per heavy atom. The van der Waals surface area contributed by atoms with E-state index in [2.05, 4.69) is 146 Å². The van der Waals surface area contributed by atoms with Gasteiger partial charge in [-0.1, -0.05) is 127 Å². The smallest absolute Gasteiger partial charge is 0.000705 e. The summed E-state index contributed by atoms with van der Waals surface area (Å²) in [4.78, 5) is 0. The fraction of sp³-hybridized carbons (Fsp3) is 0.0256. The quantitative estimate of drug-likeness (QED) is 0.214. The van der Waals surface area contributed by atoms with Crippen LogP contribution in [0.5, 0.6) is 0 Å². The van der Waals surface area contributed by atoms with Gasteiger partial charge in [-0.25, -0.2) is 0 Å². The molecule has 39 heavy (non-hydrogen) atoms. The molecule has 0 radical (unpaired) electrons. The normalized spacial score (nSPS) is 12.0. The number of rotatable bonds is 3. The first-order valence-electron chi connectivity index (χ1n) is 13.7. The highest BCUT2D eigenvalue weighted by atomic mass is 14.3. The van der Waals surface area contributed by atoms with E-state index in [1.54, 1.807) is 0 Å². The molecule has 1 aliphatic rings. The van der Waals surface area contributed by atoms with Crippen molar-refractivity contribution < 1.29 is 0 Å². The van der Waals surface area contributed by atoms with Gasteiger partial charge >= 0.3 is 0 Å². The molecule has 0 unspecified atom stereocenters. The van der Waals surface area contributed by atoms with Crippen molar-refractivity contribution in [3.05, 3.63) is 157 Å². The Morgan fingerprint density at radius 3 is 1.72 bits per heavy atom. The number of fused-ring (bicyclic) bond motifs is 5. The first-order valence-corrected chi connectivity index (χ1v) is 13.7. The third-order valence-electron chi connectivity index (χ3n) is 8.27. The third kappa shape index (κ3) is 3.53. The molecule has 0 fully saturated rings. The molecule has 0 aliphatic heterocycles. The van der Waals surface area contributed by atoms with E-state index in [0.29, 0.717) is 0 Å². The standard InChI is InChI=1S/C39H26/c1-3-12-26(13-4-1)38-36-24-31-18-9-10-20-32(31)35(36)25-37(39(38)27-14-5-2-6-15-27)33-21-11-19-30-22-28-16-7-8-17-29(28)23-34(30)33/h1-23,25H,24H2. The first-order chi connectivity index (χ1) is 19.3. The van der Waals surface area contributed by atoms with Gasteiger partial charge in [0.1, 0.15) is 0 Å². The Hall–Kier alpha value is -4.94. The van der Waals surface area contributed by atoms with Crippen molar-refractivity contribution in [3.63, 3.8) is 0 Å². The minimum Gasteiger partial charge on any atom is -0.0622 e. The lowest BCUT2D eigenvalue weighted by molar-refractivity contribution is 1.26. The molecule has 0 heterocycles. The third-order valence-corrected chi connectivity index (χ3v) is 8.27. The van der Waals surface area contributed by atoms with Crippen molar-refractivity contribution in [1.29, 1.82) is 0 Å². The summed E-state index contributed by atoms with van der Waals surface area (Å²) in [5.74, 6) is 0. The summed E-state index contributed by atoms with van der Waals surface area (Å²) in [7, 11) is 0. The van der Waals surface area contributed by atoms with Gasteiger partial charge in [0.25, 0.3) is 0 Å². The lowest BCUT2D eigenvalue weighted by Gasteiger charge is -2.22. The van der Waals surface area contributed by atoms with Crippen molar-refractivity contribution >= 4 is 21.5 Å². The predicted molar refractivity (Wildman–Crippen MR) is 166 cm³/mol. The van der Waals surface area contributed by atoms with Crippen molar-refractivity contribution in [2.24, 2.45) is 0 Å². The molecule has 0 nitrogen and oxygen atoms in total. The molecule has 8 rings (SSSR count). The van der Waals surface area contributed by atoms with Crippen LogP contribution in [0.4, 0.5) is 0 Å². The van der Waals surface area contributed by atoms with E-state index in [1.165, 1.54) is 77.2 Å². The lowest BCUT2D eigenvalue weighted by Crippen LogP contribution is -1.97. The maximum atomic E-state index is 2.47. The van der Waals surface area contributed by atoms with E-state index < -0.39 is 0 Å². The molecular formula is C39H26. The van der Waals surface area contributed by atoms with Crippen molar-refractivity contribution in [2.45, 2.75) is 6.42 Å². The molecule has 0 spiro atoms. The Bertz CT molecular complexity index is 2010. The van der Waals surface area contributed by atoms with E-state index in [0.717, 1.165) is 6.42 Å². The summed E-state index contributed by atoms with van der Waals surface area (Å²) in [5, 5.41) is 5.11.